The number of pyridine rings is 1. The van der Waals surface area contributed by atoms with E-state index in [0.29, 0.717) is 52.7 Å². The molecule has 1 aliphatic rings. The molecule has 10 heteroatoms. The van der Waals surface area contributed by atoms with Gasteiger partial charge in [-0.05, 0) is 31.3 Å². The van der Waals surface area contributed by atoms with Gasteiger partial charge in [0.2, 0.25) is 5.88 Å². The number of benzene rings is 2. The molecule has 0 saturated carbocycles. The first-order valence-electron chi connectivity index (χ1n) is 11.4. The Morgan fingerprint density at radius 2 is 2.00 bits per heavy atom. The van der Waals surface area contributed by atoms with E-state index in [9.17, 15) is 9.00 Å². The molecule has 2 atom stereocenters. The third kappa shape index (κ3) is 5.83. The lowest BCUT2D eigenvalue weighted by Gasteiger charge is -2.31. The maximum atomic E-state index is 13.5. The summed E-state index contributed by atoms with van der Waals surface area (Å²) in [5.41, 5.74) is 7.34. The van der Waals surface area contributed by atoms with Crippen LogP contribution in [0.2, 0.25) is 5.02 Å². The predicted octanol–water partition coefficient (Wildman–Crippen LogP) is 4.07. The average Bonchev–Trinajstić information content (AvgIpc) is 3.31. The number of nitrogens with two attached hydrogens (primary N) is 1. The van der Waals surface area contributed by atoms with E-state index in [4.69, 9.17) is 21.1 Å². The van der Waals surface area contributed by atoms with E-state index in [0.717, 1.165) is 11.3 Å². The van der Waals surface area contributed by atoms with Gasteiger partial charge in [-0.25, -0.2) is 13.5 Å². The van der Waals surface area contributed by atoms with Crippen LogP contribution < -0.4 is 10.5 Å². The van der Waals surface area contributed by atoms with Gasteiger partial charge in [0.15, 0.2) is 6.29 Å². The second-order valence-electron chi connectivity index (χ2n) is 7.84. The summed E-state index contributed by atoms with van der Waals surface area (Å²) in [6.45, 7) is 1.52. The molecule has 2 unspecified atom stereocenters. The number of hydrogen-bond acceptors (Lipinski definition) is 6. The molecule has 0 amide bonds. The van der Waals surface area contributed by atoms with Crippen LogP contribution in [0.5, 0.6) is 5.88 Å². The molecule has 3 N–H and O–H groups in total. The molecular formula is C26H27ClN4O4S. The minimum atomic E-state index is -1.57. The number of aromatic amines is 1. The number of aromatic nitrogens is 2. The number of morpholine rings is 1. The summed E-state index contributed by atoms with van der Waals surface area (Å²) in [7, 11) is -0.0694. The van der Waals surface area contributed by atoms with E-state index < -0.39 is 11.0 Å². The van der Waals surface area contributed by atoms with E-state index in [1.54, 1.807) is 28.6 Å². The molecule has 2 aromatic carbocycles. The van der Waals surface area contributed by atoms with Gasteiger partial charge >= 0.3 is 0 Å². The highest BCUT2D eigenvalue weighted by Gasteiger charge is 2.29. The second kappa shape index (κ2) is 12.2. The Bertz CT molecular complexity index is 1350. The molecular weight excluding hydrogens is 500 g/mol. The number of fused-ring (bicyclic) bond motifs is 1. The lowest BCUT2D eigenvalue weighted by atomic mass is 10.1. The summed E-state index contributed by atoms with van der Waals surface area (Å²) in [6, 6.07) is 20.7. The zero-order chi connectivity index (χ0) is 25.5. The fourth-order valence-corrected chi connectivity index (χ4v) is 5.56. The smallest absolute Gasteiger partial charge is 0.213 e. The van der Waals surface area contributed by atoms with Gasteiger partial charge in [-0.1, -0.05) is 48.0 Å². The van der Waals surface area contributed by atoms with Crippen molar-refractivity contribution in [2.75, 3.05) is 33.4 Å². The number of ether oxygens (including phenoxy) is 2. The molecule has 1 saturated heterocycles. The van der Waals surface area contributed by atoms with E-state index in [1.165, 1.54) is 7.05 Å². The molecule has 0 radical (unpaired) electrons. The van der Waals surface area contributed by atoms with E-state index >= 15 is 0 Å². The van der Waals surface area contributed by atoms with Crippen molar-refractivity contribution in [3.05, 3.63) is 77.4 Å². The number of carbonyl (C=O) groups is 1. The van der Waals surface area contributed by atoms with E-state index in [2.05, 4.69) is 15.7 Å². The van der Waals surface area contributed by atoms with Gasteiger partial charge in [0.1, 0.15) is 23.7 Å². The summed E-state index contributed by atoms with van der Waals surface area (Å²) in [5.74, 6) is 0.498. The summed E-state index contributed by atoms with van der Waals surface area (Å²) in [4.78, 5) is 19.7. The van der Waals surface area contributed by atoms with Gasteiger partial charge in [0.25, 0.3) is 0 Å². The van der Waals surface area contributed by atoms with E-state index in [1.807, 2.05) is 42.5 Å². The van der Waals surface area contributed by atoms with Crippen LogP contribution in [0, 0.1) is 0 Å². The average molecular weight is 527 g/mol. The number of halogens is 1. The molecule has 0 spiro atoms. The van der Waals surface area contributed by atoms with Crippen LogP contribution in [0.4, 0.5) is 0 Å². The van der Waals surface area contributed by atoms with E-state index in [-0.39, 0.29) is 18.4 Å². The quantitative estimate of drug-likeness (QED) is 0.351. The van der Waals surface area contributed by atoms with Crippen LogP contribution in [0.1, 0.15) is 10.5 Å². The third-order valence-electron chi connectivity index (χ3n) is 5.58. The first-order chi connectivity index (χ1) is 17.6. The van der Waals surface area contributed by atoms with Crippen molar-refractivity contribution in [3.63, 3.8) is 0 Å². The van der Waals surface area contributed by atoms with Crippen LogP contribution in [0.3, 0.4) is 0 Å². The van der Waals surface area contributed by atoms with Gasteiger partial charge in [-0.2, -0.15) is 0 Å². The second-order valence-corrected chi connectivity index (χ2v) is 9.70. The molecule has 0 aliphatic carbocycles. The van der Waals surface area contributed by atoms with Gasteiger partial charge in [-0.3, -0.25) is 4.79 Å². The van der Waals surface area contributed by atoms with Crippen LogP contribution in [-0.4, -0.2) is 64.2 Å². The molecule has 8 nitrogen and oxygen atoms in total. The minimum absolute atomic E-state index is 0.263. The van der Waals surface area contributed by atoms with Crippen molar-refractivity contribution >= 4 is 39.8 Å². The lowest BCUT2D eigenvalue weighted by Crippen LogP contribution is -2.45. The minimum Gasteiger partial charge on any atom is -0.475 e. The Balaban J connectivity index is 0.00000148. The Kier molecular flexibility index (Phi) is 8.84. The monoisotopic (exact) mass is 526 g/mol. The van der Waals surface area contributed by atoms with Gasteiger partial charge in [-0.15, -0.1) is 0 Å². The van der Waals surface area contributed by atoms with Gasteiger partial charge in [0.05, 0.1) is 22.9 Å². The maximum absolute atomic E-state index is 13.5. The number of aldehydes is 1. The zero-order valence-corrected chi connectivity index (χ0v) is 21.3. The highest BCUT2D eigenvalue weighted by molar-refractivity contribution is 7.83. The van der Waals surface area contributed by atoms with Gasteiger partial charge in [0, 0.05) is 40.6 Å². The van der Waals surface area contributed by atoms with Crippen molar-refractivity contribution < 1.29 is 18.5 Å². The fourth-order valence-electron chi connectivity index (χ4n) is 3.95. The lowest BCUT2D eigenvalue weighted by molar-refractivity contribution is -0.0244. The SMILES string of the molecule is CN.O=Cc1[nH]c2ccc(Cl)cc2c1S(=O)N1CCOC(COc2cccc(-c3ccccc3)n2)C1. The maximum Gasteiger partial charge on any atom is 0.213 e. The Labute approximate surface area is 217 Å². The predicted molar refractivity (Wildman–Crippen MR) is 142 cm³/mol. The summed E-state index contributed by atoms with van der Waals surface area (Å²) in [5, 5.41) is 1.19. The number of rotatable bonds is 7. The first kappa shape index (κ1) is 26.0. The topological polar surface area (TPSA) is 111 Å². The third-order valence-corrected chi connectivity index (χ3v) is 7.40. The molecule has 2 aromatic heterocycles. The zero-order valence-electron chi connectivity index (χ0n) is 19.7. The number of carbonyl (C=O) groups excluding carboxylic acids is 1. The molecule has 1 fully saturated rings. The first-order valence-corrected chi connectivity index (χ1v) is 12.9. The highest BCUT2D eigenvalue weighted by atomic mass is 35.5. The molecule has 188 valence electrons. The molecule has 5 rings (SSSR count). The molecule has 0 bridgehead atoms. The number of hydrogen-bond donors (Lipinski definition) is 2. The van der Waals surface area contributed by atoms with Crippen molar-refractivity contribution in [2.24, 2.45) is 5.73 Å². The number of nitrogens with zero attached hydrogens (tertiary/aromatic N) is 2. The van der Waals surface area contributed by atoms with Gasteiger partial charge < -0.3 is 20.2 Å². The van der Waals surface area contributed by atoms with Crippen LogP contribution >= 0.6 is 11.6 Å². The number of H-pyrrole nitrogens is 1. The fraction of sp³-hybridized carbons (Fsp3) is 0.231. The van der Waals surface area contributed by atoms with Crippen molar-refractivity contribution in [2.45, 2.75) is 11.0 Å². The van der Waals surface area contributed by atoms with Crippen LogP contribution in [0.25, 0.3) is 22.2 Å². The largest absolute Gasteiger partial charge is 0.475 e. The van der Waals surface area contributed by atoms with Crippen molar-refractivity contribution in [1.82, 2.24) is 14.3 Å². The van der Waals surface area contributed by atoms with Crippen LogP contribution in [-0.2, 0) is 15.7 Å². The molecule has 4 aromatic rings. The highest BCUT2D eigenvalue weighted by Crippen LogP contribution is 2.29. The standard InChI is InChI=1S/C25H22ClN3O4S.CH5N/c26-18-9-10-22-20(13-18)25(23(15-30)27-22)34(31)29-11-12-32-19(14-29)16-33-24-8-4-7-21(28-24)17-5-2-1-3-6-17;1-2/h1-10,13,15,19,27H,11-12,14,16H2;2H2,1H3. The Morgan fingerprint density at radius 1 is 1.19 bits per heavy atom. The summed E-state index contributed by atoms with van der Waals surface area (Å²) >= 11 is 6.15. The summed E-state index contributed by atoms with van der Waals surface area (Å²) < 4.78 is 27.1. The molecule has 36 heavy (non-hydrogen) atoms. The van der Waals surface area contributed by atoms with Crippen molar-refractivity contribution in [1.29, 1.82) is 0 Å². The molecule has 3 heterocycles. The number of nitrogens with one attached hydrogen (secondary N) is 1. The normalized spacial score (nSPS) is 16.7. The molecule has 1 aliphatic heterocycles. The Hall–Kier alpha value is -3.08. The van der Waals surface area contributed by atoms with Crippen LogP contribution in [0.15, 0.2) is 71.6 Å². The summed E-state index contributed by atoms with van der Waals surface area (Å²) in [6.07, 6.45) is 0.390. The Morgan fingerprint density at radius 3 is 2.78 bits per heavy atom. The van der Waals surface area contributed by atoms with Crippen molar-refractivity contribution in [3.8, 4) is 17.1 Å².